The van der Waals surface area contributed by atoms with Gasteiger partial charge in [0.2, 0.25) is 0 Å². The van der Waals surface area contributed by atoms with Crippen LogP contribution < -0.4 is 5.73 Å². The van der Waals surface area contributed by atoms with Gasteiger partial charge in [-0.3, -0.25) is 0 Å². The smallest absolute Gasteiger partial charge is 0.257 e. The Balaban J connectivity index is 2.40. The first-order chi connectivity index (χ1) is 7.88. The van der Waals surface area contributed by atoms with E-state index in [1.807, 2.05) is 20.8 Å². The Bertz CT molecular complexity index is 543. The second-order valence-electron chi connectivity index (χ2n) is 4.91. The molecule has 0 spiro atoms. The van der Waals surface area contributed by atoms with Crippen LogP contribution in [0.3, 0.4) is 0 Å². The van der Waals surface area contributed by atoms with Crippen molar-refractivity contribution in [2.75, 3.05) is 5.73 Å². The molecule has 1 heterocycles. The lowest BCUT2D eigenvalue weighted by atomic mass is 9.96. The van der Waals surface area contributed by atoms with Gasteiger partial charge < -0.3 is 10.3 Å². The third-order valence-electron chi connectivity index (χ3n) is 2.34. The Kier molecular flexibility index (Phi) is 2.83. The average Bonchev–Trinajstić information content (AvgIpc) is 2.70. The number of halogens is 1. The molecule has 2 rings (SSSR count). The van der Waals surface area contributed by atoms with Crippen LogP contribution in [-0.2, 0) is 5.41 Å². The van der Waals surface area contributed by atoms with E-state index in [2.05, 4.69) is 10.1 Å². The quantitative estimate of drug-likeness (QED) is 0.790. The fourth-order valence-corrected chi connectivity index (χ4v) is 1.49. The van der Waals surface area contributed by atoms with Crippen molar-refractivity contribution in [3.05, 3.63) is 29.0 Å². The number of hydrogen-bond acceptors (Lipinski definition) is 4. The van der Waals surface area contributed by atoms with Crippen LogP contribution in [0.5, 0.6) is 0 Å². The lowest BCUT2D eigenvalue weighted by molar-refractivity contribution is 0.402. The van der Waals surface area contributed by atoms with Crippen molar-refractivity contribution >= 4 is 17.3 Å². The second-order valence-corrected chi connectivity index (χ2v) is 5.32. The summed E-state index contributed by atoms with van der Waals surface area (Å²) in [6.07, 6.45) is 0. The van der Waals surface area contributed by atoms with Crippen molar-refractivity contribution in [3.8, 4) is 11.5 Å². The van der Waals surface area contributed by atoms with Gasteiger partial charge in [-0.05, 0) is 18.2 Å². The number of benzene rings is 1. The van der Waals surface area contributed by atoms with E-state index in [4.69, 9.17) is 21.9 Å². The van der Waals surface area contributed by atoms with Crippen molar-refractivity contribution < 1.29 is 4.52 Å². The molecule has 0 radical (unpaired) electrons. The summed E-state index contributed by atoms with van der Waals surface area (Å²) in [5.41, 5.74) is 6.81. The summed E-state index contributed by atoms with van der Waals surface area (Å²) in [6, 6.07) is 5.25. The molecule has 0 aliphatic carbocycles. The Morgan fingerprint density at radius 1 is 1.29 bits per heavy atom. The monoisotopic (exact) mass is 251 g/mol. The van der Waals surface area contributed by atoms with Gasteiger partial charge in [0.1, 0.15) is 0 Å². The SMILES string of the molecule is CC(C)(C)c1noc(-c2ccc(N)c(Cl)c2)n1. The molecule has 0 unspecified atom stereocenters. The summed E-state index contributed by atoms with van der Waals surface area (Å²) in [5.74, 6) is 1.12. The molecule has 2 N–H and O–H groups in total. The Labute approximate surface area is 105 Å². The van der Waals surface area contributed by atoms with Crippen LogP contribution in [0.2, 0.25) is 5.02 Å². The predicted molar refractivity (Wildman–Crippen MR) is 67.9 cm³/mol. The highest BCUT2D eigenvalue weighted by Gasteiger charge is 2.21. The molecular formula is C12H14ClN3O. The van der Waals surface area contributed by atoms with Crippen molar-refractivity contribution in [2.24, 2.45) is 0 Å². The van der Waals surface area contributed by atoms with E-state index in [1.165, 1.54) is 0 Å². The zero-order chi connectivity index (χ0) is 12.6. The minimum absolute atomic E-state index is 0.140. The van der Waals surface area contributed by atoms with Crippen LogP contribution in [0.1, 0.15) is 26.6 Å². The van der Waals surface area contributed by atoms with Crippen molar-refractivity contribution in [1.29, 1.82) is 0 Å². The molecule has 1 aromatic carbocycles. The van der Waals surface area contributed by atoms with Crippen molar-refractivity contribution in [3.63, 3.8) is 0 Å². The summed E-state index contributed by atoms with van der Waals surface area (Å²) in [4.78, 5) is 4.35. The lowest BCUT2D eigenvalue weighted by Gasteiger charge is -2.10. The highest BCUT2D eigenvalue weighted by molar-refractivity contribution is 6.33. The van der Waals surface area contributed by atoms with Gasteiger partial charge in [0.15, 0.2) is 5.82 Å². The third kappa shape index (κ3) is 2.42. The molecule has 4 nitrogen and oxygen atoms in total. The number of nitrogens with zero attached hydrogens (tertiary/aromatic N) is 2. The molecule has 2 aromatic rings. The molecule has 0 fully saturated rings. The zero-order valence-corrected chi connectivity index (χ0v) is 10.7. The number of aromatic nitrogens is 2. The number of nitrogen functional groups attached to an aromatic ring is 1. The minimum atomic E-state index is -0.140. The predicted octanol–water partition coefficient (Wildman–Crippen LogP) is 3.27. The van der Waals surface area contributed by atoms with Crippen LogP contribution in [-0.4, -0.2) is 10.1 Å². The molecule has 0 aliphatic rings. The summed E-state index contributed by atoms with van der Waals surface area (Å²) in [5, 5.41) is 4.44. The molecule has 1 aromatic heterocycles. The Morgan fingerprint density at radius 3 is 2.53 bits per heavy atom. The summed E-state index contributed by atoms with van der Waals surface area (Å²) in [6.45, 7) is 6.08. The van der Waals surface area contributed by atoms with E-state index in [-0.39, 0.29) is 5.41 Å². The van der Waals surface area contributed by atoms with Gasteiger partial charge >= 0.3 is 0 Å². The van der Waals surface area contributed by atoms with Gasteiger partial charge in [0, 0.05) is 11.0 Å². The van der Waals surface area contributed by atoms with Crippen LogP contribution in [0.4, 0.5) is 5.69 Å². The van der Waals surface area contributed by atoms with E-state index < -0.39 is 0 Å². The molecule has 90 valence electrons. The van der Waals surface area contributed by atoms with E-state index in [0.29, 0.717) is 22.4 Å². The first-order valence-electron chi connectivity index (χ1n) is 5.27. The van der Waals surface area contributed by atoms with Gasteiger partial charge in [0.25, 0.3) is 5.89 Å². The molecular weight excluding hydrogens is 238 g/mol. The number of nitrogens with two attached hydrogens (primary N) is 1. The highest BCUT2D eigenvalue weighted by Crippen LogP contribution is 2.27. The molecule has 17 heavy (non-hydrogen) atoms. The van der Waals surface area contributed by atoms with Gasteiger partial charge in [0.05, 0.1) is 10.7 Å². The first-order valence-corrected chi connectivity index (χ1v) is 5.65. The van der Waals surface area contributed by atoms with Gasteiger partial charge in [-0.1, -0.05) is 37.5 Å². The number of anilines is 1. The van der Waals surface area contributed by atoms with Gasteiger partial charge in [-0.2, -0.15) is 4.98 Å². The molecule has 0 aliphatic heterocycles. The van der Waals surface area contributed by atoms with E-state index in [9.17, 15) is 0 Å². The Morgan fingerprint density at radius 2 is 2.00 bits per heavy atom. The molecule has 0 bridgehead atoms. The number of rotatable bonds is 1. The normalized spacial score (nSPS) is 11.8. The molecule has 0 atom stereocenters. The second kappa shape index (κ2) is 4.04. The lowest BCUT2D eigenvalue weighted by Crippen LogP contribution is -2.13. The molecule has 0 saturated heterocycles. The minimum Gasteiger partial charge on any atom is -0.398 e. The van der Waals surface area contributed by atoms with Crippen molar-refractivity contribution in [1.82, 2.24) is 10.1 Å². The van der Waals surface area contributed by atoms with E-state index in [1.54, 1.807) is 18.2 Å². The van der Waals surface area contributed by atoms with E-state index in [0.717, 1.165) is 5.56 Å². The maximum atomic E-state index is 5.95. The third-order valence-corrected chi connectivity index (χ3v) is 2.67. The molecule has 5 heteroatoms. The standard InChI is InChI=1S/C12H14ClN3O/c1-12(2,3)11-15-10(17-16-11)7-4-5-9(14)8(13)6-7/h4-6H,14H2,1-3H3. The van der Waals surface area contributed by atoms with Crippen LogP contribution in [0.15, 0.2) is 22.7 Å². The molecule has 0 saturated carbocycles. The fourth-order valence-electron chi connectivity index (χ4n) is 1.31. The summed E-state index contributed by atoms with van der Waals surface area (Å²) < 4.78 is 5.21. The van der Waals surface area contributed by atoms with Crippen LogP contribution in [0, 0.1) is 0 Å². The summed E-state index contributed by atoms with van der Waals surface area (Å²) in [7, 11) is 0. The number of hydrogen-bond donors (Lipinski definition) is 1. The topological polar surface area (TPSA) is 64.9 Å². The first kappa shape index (κ1) is 11.9. The highest BCUT2D eigenvalue weighted by atomic mass is 35.5. The van der Waals surface area contributed by atoms with Crippen molar-refractivity contribution in [2.45, 2.75) is 26.2 Å². The van der Waals surface area contributed by atoms with E-state index >= 15 is 0 Å². The fraction of sp³-hybridized carbons (Fsp3) is 0.333. The largest absolute Gasteiger partial charge is 0.398 e. The van der Waals surface area contributed by atoms with Gasteiger partial charge in [-0.25, -0.2) is 0 Å². The van der Waals surface area contributed by atoms with Gasteiger partial charge in [-0.15, -0.1) is 0 Å². The maximum absolute atomic E-state index is 5.95. The summed E-state index contributed by atoms with van der Waals surface area (Å²) >= 11 is 5.95. The average molecular weight is 252 g/mol. The van der Waals surface area contributed by atoms with Crippen LogP contribution in [0.25, 0.3) is 11.5 Å². The molecule has 0 amide bonds. The Hall–Kier alpha value is -1.55. The van der Waals surface area contributed by atoms with Crippen LogP contribution >= 0.6 is 11.6 Å². The maximum Gasteiger partial charge on any atom is 0.257 e. The zero-order valence-electron chi connectivity index (χ0n) is 9.99.